The van der Waals surface area contributed by atoms with Crippen LogP contribution in [-0.4, -0.2) is 7.11 Å². The van der Waals surface area contributed by atoms with Crippen molar-refractivity contribution in [1.29, 1.82) is 0 Å². The van der Waals surface area contributed by atoms with Gasteiger partial charge in [-0.1, -0.05) is 103 Å². The molecule has 0 aliphatic carbocycles. The molecule has 0 bridgehead atoms. The lowest BCUT2D eigenvalue weighted by molar-refractivity contribution is 0.300. The van der Waals surface area contributed by atoms with Crippen molar-refractivity contribution in [2.24, 2.45) is 0 Å². The Labute approximate surface area is 213 Å². The van der Waals surface area contributed by atoms with Crippen LogP contribution >= 0.6 is 0 Å². The molecule has 0 radical (unpaired) electrons. The molecule has 0 amide bonds. The minimum absolute atomic E-state index is 0.0571. The van der Waals surface area contributed by atoms with Gasteiger partial charge in [0.1, 0.15) is 18.1 Å². The summed E-state index contributed by atoms with van der Waals surface area (Å²) < 4.78 is 11.8. The number of methoxy groups -OCH3 is 1. The van der Waals surface area contributed by atoms with E-state index in [0.717, 1.165) is 22.6 Å². The first-order valence-electron chi connectivity index (χ1n) is 12.4. The Hall–Kier alpha value is -4.08. The number of nitrogens with one attached hydrogen (secondary N) is 1. The van der Waals surface area contributed by atoms with E-state index in [1.165, 1.54) is 21.9 Å². The molecular formula is C33H31NO2. The zero-order valence-electron chi connectivity index (χ0n) is 20.7. The second-order valence-corrected chi connectivity index (χ2v) is 8.98. The molecule has 2 atom stereocenters. The second-order valence-electron chi connectivity index (χ2n) is 8.98. The van der Waals surface area contributed by atoms with Gasteiger partial charge in [0.05, 0.1) is 13.2 Å². The van der Waals surface area contributed by atoms with E-state index in [0.29, 0.717) is 6.61 Å². The van der Waals surface area contributed by atoms with Crippen LogP contribution in [0.5, 0.6) is 11.5 Å². The van der Waals surface area contributed by atoms with Gasteiger partial charge in [0.25, 0.3) is 0 Å². The third-order valence-corrected chi connectivity index (χ3v) is 6.62. The summed E-state index contributed by atoms with van der Waals surface area (Å²) in [5.74, 6) is 1.72. The fourth-order valence-corrected chi connectivity index (χ4v) is 4.66. The number of hydrogen-bond acceptors (Lipinski definition) is 3. The highest BCUT2D eigenvalue weighted by atomic mass is 16.5. The maximum atomic E-state index is 6.51. The number of rotatable bonds is 9. The molecule has 0 spiro atoms. The largest absolute Gasteiger partial charge is 0.497 e. The Bertz CT molecular complexity index is 1400. The van der Waals surface area contributed by atoms with Gasteiger partial charge >= 0.3 is 0 Å². The van der Waals surface area contributed by atoms with Crippen LogP contribution in [0.25, 0.3) is 10.8 Å². The number of benzene rings is 5. The van der Waals surface area contributed by atoms with Crippen LogP contribution in [0, 0.1) is 0 Å². The summed E-state index contributed by atoms with van der Waals surface area (Å²) in [5, 5.41) is 6.30. The highest BCUT2D eigenvalue weighted by Crippen LogP contribution is 2.38. The SMILES string of the molecule is COc1ccc(COc2ccc3ccccc3c2[C@@H](N[C@@H](C)c2ccccc2)c2ccccc2)cc1. The van der Waals surface area contributed by atoms with Crippen LogP contribution in [0.15, 0.2) is 121 Å². The average Bonchev–Trinajstić information content (AvgIpc) is 2.95. The highest BCUT2D eigenvalue weighted by molar-refractivity contribution is 5.88. The summed E-state index contributed by atoms with van der Waals surface area (Å²) in [4.78, 5) is 0. The van der Waals surface area contributed by atoms with Crippen LogP contribution < -0.4 is 14.8 Å². The summed E-state index contributed by atoms with van der Waals surface area (Å²) in [7, 11) is 1.68. The number of fused-ring (bicyclic) bond motifs is 1. The van der Waals surface area contributed by atoms with Crippen molar-refractivity contribution < 1.29 is 9.47 Å². The molecule has 180 valence electrons. The number of ether oxygens (including phenoxy) is 2. The van der Waals surface area contributed by atoms with Gasteiger partial charge in [-0.05, 0) is 52.6 Å². The van der Waals surface area contributed by atoms with Gasteiger partial charge in [0.15, 0.2) is 0 Å². The van der Waals surface area contributed by atoms with Gasteiger partial charge in [-0.15, -0.1) is 0 Å². The van der Waals surface area contributed by atoms with E-state index in [4.69, 9.17) is 9.47 Å². The molecule has 0 saturated heterocycles. The first kappa shape index (κ1) is 23.7. The van der Waals surface area contributed by atoms with Crippen molar-refractivity contribution in [1.82, 2.24) is 5.32 Å². The Morgan fingerprint density at radius 1 is 0.667 bits per heavy atom. The fourth-order valence-electron chi connectivity index (χ4n) is 4.66. The lowest BCUT2D eigenvalue weighted by Crippen LogP contribution is -2.26. The summed E-state index contributed by atoms with van der Waals surface area (Å²) in [5.41, 5.74) is 4.69. The van der Waals surface area contributed by atoms with Crippen molar-refractivity contribution in [3.63, 3.8) is 0 Å². The molecule has 0 saturated carbocycles. The summed E-state index contributed by atoms with van der Waals surface area (Å²) in [6, 6.07) is 42.1. The molecule has 1 N–H and O–H groups in total. The predicted molar refractivity (Wildman–Crippen MR) is 148 cm³/mol. The summed E-state index contributed by atoms with van der Waals surface area (Å²) in [6.45, 7) is 2.69. The van der Waals surface area contributed by atoms with E-state index < -0.39 is 0 Å². The average molecular weight is 474 g/mol. The summed E-state index contributed by atoms with van der Waals surface area (Å²) >= 11 is 0. The van der Waals surface area contributed by atoms with Crippen molar-refractivity contribution in [2.75, 3.05) is 7.11 Å². The van der Waals surface area contributed by atoms with E-state index in [-0.39, 0.29) is 12.1 Å². The van der Waals surface area contributed by atoms with Crippen LogP contribution in [-0.2, 0) is 6.61 Å². The Balaban J connectivity index is 1.57. The van der Waals surface area contributed by atoms with Crippen molar-refractivity contribution >= 4 is 10.8 Å². The third kappa shape index (κ3) is 5.27. The van der Waals surface area contributed by atoms with E-state index >= 15 is 0 Å². The van der Waals surface area contributed by atoms with Crippen LogP contribution in [0.2, 0.25) is 0 Å². The van der Waals surface area contributed by atoms with E-state index in [1.807, 2.05) is 24.3 Å². The van der Waals surface area contributed by atoms with Gasteiger partial charge in [-0.2, -0.15) is 0 Å². The molecule has 0 heterocycles. The Kier molecular flexibility index (Phi) is 7.30. The molecule has 0 fully saturated rings. The molecule has 0 aliphatic heterocycles. The normalized spacial score (nSPS) is 12.7. The Morgan fingerprint density at radius 3 is 2.00 bits per heavy atom. The van der Waals surface area contributed by atoms with Gasteiger partial charge in [-0.25, -0.2) is 0 Å². The third-order valence-electron chi connectivity index (χ3n) is 6.62. The first-order chi connectivity index (χ1) is 17.7. The van der Waals surface area contributed by atoms with Crippen molar-refractivity contribution in [3.8, 4) is 11.5 Å². The molecule has 0 aromatic heterocycles. The van der Waals surface area contributed by atoms with E-state index in [1.54, 1.807) is 7.11 Å². The molecule has 3 nitrogen and oxygen atoms in total. The molecule has 3 heteroatoms. The standard InChI is InChI=1S/C33H31NO2/c1-24(26-11-5-3-6-12-26)34-33(28-14-7-4-8-15-28)32-30-16-10-9-13-27(30)19-22-31(32)36-23-25-17-20-29(35-2)21-18-25/h3-22,24,33-34H,23H2,1-2H3/t24-,33-/m0/s1. The van der Waals surface area contributed by atoms with Crippen molar-refractivity contribution in [3.05, 3.63) is 144 Å². The van der Waals surface area contributed by atoms with Crippen LogP contribution in [0.4, 0.5) is 0 Å². The maximum absolute atomic E-state index is 6.51. The van der Waals surface area contributed by atoms with Gasteiger partial charge in [-0.3, -0.25) is 5.32 Å². The first-order valence-corrected chi connectivity index (χ1v) is 12.4. The van der Waals surface area contributed by atoms with Gasteiger partial charge in [0, 0.05) is 11.6 Å². The van der Waals surface area contributed by atoms with Gasteiger partial charge in [0.2, 0.25) is 0 Å². The molecule has 5 aromatic rings. The monoisotopic (exact) mass is 473 g/mol. The maximum Gasteiger partial charge on any atom is 0.125 e. The molecule has 5 rings (SSSR count). The zero-order valence-corrected chi connectivity index (χ0v) is 20.7. The van der Waals surface area contributed by atoms with E-state index in [2.05, 4.69) is 109 Å². The minimum Gasteiger partial charge on any atom is -0.497 e. The molecular weight excluding hydrogens is 442 g/mol. The predicted octanol–water partition coefficient (Wildman–Crippen LogP) is 7.87. The lowest BCUT2D eigenvalue weighted by Gasteiger charge is -2.28. The quantitative estimate of drug-likeness (QED) is 0.236. The summed E-state index contributed by atoms with van der Waals surface area (Å²) in [6.07, 6.45) is 0. The zero-order chi connectivity index (χ0) is 24.7. The van der Waals surface area contributed by atoms with Crippen LogP contribution in [0.1, 0.15) is 41.3 Å². The smallest absolute Gasteiger partial charge is 0.125 e. The molecule has 0 aliphatic rings. The van der Waals surface area contributed by atoms with E-state index in [9.17, 15) is 0 Å². The Morgan fingerprint density at radius 2 is 1.31 bits per heavy atom. The molecule has 5 aromatic carbocycles. The topological polar surface area (TPSA) is 30.5 Å². The second kappa shape index (κ2) is 11.1. The van der Waals surface area contributed by atoms with Gasteiger partial charge < -0.3 is 9.47 Å². The fraction of sp³-hybridized carbons (Fsp3) is 0.152. The molecule has 36 heavy (non-hydrogen) atoms. The number of hydrogen-bond donors (Lipinski definition) is 1. The van der Waals surface area contributed by atoms with Crippen molar-refractivity contribution in [2.45, 2.75) is 25.6 Å². The highest BCUT2D eigenvalue weighted by Gasteiger charge is 2.23. The lowest BCUT2D eigenvalue weighted by atomic mass is 9.91. The molecule has 0 unspecified atom stereocenters. The van der Waals surface area contributed by atoms with Crippen LogP contribution in [0.3, 0.4) is 0 Å². The minimum atomic E-state index is -0.0571.